The highest BCUT2D eigenvalue weighted by atomic mass is 32.2. The molecular formula is C17H19N3O5S2. The first-order valence-corrected chi connectivity index (χ1v) is 10.7. The van der Waals surface area contributed by atoms with Crippen LogP contribution in [0.4, 0.5) is 5.69 Å². The number of anilines is 1. The summed E-state index contributed by atoms with van der Waals surface area (Å²) in [5.41, 5.74) is 1.73. The normalized spacial score (nSPS) is 11.1. The van der Waals surface area contributed by atoms with Gasteiger partial charge in [-0.15, -0.1) is 0 Å². The molecule has 8 nitrogen and oxygen atoms in total. The lowest BCUT2D eigenvalue weighted by molar-refractivity contribution is -0.144. The first-order valence-electron chi connectivity index (χ1n) is 7.85. The molecule has 0 aliphatic heterocycles. The van der Waals surface area contributed by atoms with E-state index in [4.69, 9.17) is 4.74 Å². The molecule has 0 unspecified atom stereocenters. The predicted molar refractivity (Wildman–Crippen MR) is 101 cm³/mol. The quantitative estimate of drug-likeness (QED) is 0.418. The molecule has 10 heteroatoms. The molecule has 0 saturated carbocycles. The van der Waals surface area contributed by atoms with Crippen LogP contribution < -0.4 is 5.32 Å². The lowest BCUT2D eigenvalue weighted by Crippen LogP contribution is -2.22. The van der Waals surface area contributed by atoms with Gasteiger partial charge in [-0.05, 0) is 32.0 Å². The molecule has 0 aliphatic rings. The summed E-state index contributed by atoms with van der Waals surface area (Å²) in [5.74, 6) is -1.28. The van der Waals surface area contributed by atoms with Crippen LogP contribution in [0.25, 0.3) is 0 Å². The van der Waals surface area contributed by atoms with Gasteiger partial charge in [-0.1, -0.05) is 23.9 Å². The van der Waals surface area contributed by atoms with Crippen LogP contribution in [0.1, 0.15) is 11.4 Å². The average Bonchev–Trinajstić information content (AvgIpc) is 2.57. The minimum Gasteiger partial charge on any atom is -0.455 e. The number of rotatable bonds is 7. The summed E-state index contributed by atoms with van der Waals surface area (Å²) in [6.45, 7) is 3.14. The van der Waals surface area contributed by atoms with E-state index in [2.05, 4.69) is 15.3 Å². The first kappa shape index (κ1) is 20.8. The lowest BCUT2D eigenvalue weighted by atomic mass is 10.3. The number of benzene rings is 1. The number of hydrogen-bond acceptors (Lipinski definition) is 8. The fraction of sp³-hybridized carbons (Fsp3) is 0.294. The van der Waals surface area contributed by atoms with Gasteiger partial charge in [0, 0.05) is 17.6 Å². The van der Waals surface area contributed by atoms with E-state index in [1.54, 1.807) is 12.1 Å². The Kier molecular flexibility index (Phi) is 6.92. The Balaban J connectivity index is 1.86. The standard InChI is InChI=1S/C17H19N3O5S2/c1-11-8-12(2)19-17(18-11)26-10-16(22)25-9-15(21)20-13-6-4-5-7-14(13)27(3,23)24/h4-8H,9-10H2,1-3H3,(H,20,21). The Labute approximate surface area is 161 Å². The molecule has 0 aliphatic carbocycles. The first-order chi connectivity index (χ1) is 12.6. The van der Waals surface area contributed by atoms with Crippen LogP contribution in [-0.4, -0.2) is 48.9 Å². The number of aryl methyl sites for hydroxylation is 2. The number of hydrogen-bond donors (Lipinski definition) is 1. The minimum atomic E-state index is -3.50. The van der Waals surface area contributed by atoms with Gasteiger partial charge in [0.1, 0.15) is 0 Å². The largest absolute Gasteiger partial charge is 0.455 e. The van der Waals surface area contributed by atoms with Crippen molar-refractivity contribution in [1.82, 2.24) is 9.97 Å². The van der Waals surface area contributed by atoms with Crippen LogP contribution in [0.5, 0.6) is 0 Å². The Morgan fingerprint density at radius 3 is 2.41 bits per heavy atom. The summed E-state index contributed by atoms with van der Waals surface area (Å²) < 4.78 is 28.3. The van der Waals surface area contributed by atoms with E-state index in [1.165, 1.54) is 12.1 Å². The van der Waals surface area contributed by atoms with Crippen LogP contribution in [0.3, 0.4) is 0 Å². The SMILES string of the molecule is Cc1cc(C)nc(SCC(=O)OCC(=O)Nc2ccccc2S(C)(=O)=O)n1. The van der Waals surface area contributed by atoms with Crippen LogP contribution in [0.2, 0.25) is 0 Å². The van der Waals surface area contributed by atoms with Crippen LogP contribution in [-0.2, 0) is 24.2 Å². The number of ether oxygens (including phenoxy) is 1. The van der Waals surface area contributed by atoms with E-state index in [1.807, 2.05) is 19.9 Å². The number of nitrogens with one attached hydrogen (secondary N) is 1. The van der Waals surface area contributed by atoms with Crippen molar-refractivity contribution in [2.75, 3.05) is 23.9 Å². The number of nitrogens with zero attached hydrogens (tertiary/aromatic N) is 2. The van der Waals surface area contributed by atoms with Crippen molar-refractivity contribution in [2.45, 2.75) is 23.9 Å². The van der Waals surface area contributed by atoms with Crippen LogP contribution in [0.15, 0.2) is 40.4 Å². The average molecular weight is 409 g/mol. The van der Waals surface area contributed by atoms with Gasteiger partial charge < -0.3 is 10.1 Å². The van der Waals surface area contributed by atoms with Gasteiger partial charge in [0.15, 0.2) is 21.6 Å². The maximum absolute atomic E-state index is 11.9. The number of esters is 1. The monoisotopic (exact) mass is 409 g/mol. The fourth-order valence-corrected chi connectivity index (χ4v) is 3.74. The van der Waals surface area contributed by atoms with E-state index >= 15 is 0 Å². The molecule has 144 valence electrons. The minimum absolute atomic E-state index is 0.00722. The Bertz CT molecular complexity index is 941. The number of thioether (sulfide) groups is 1. The third-order valence-electron chi connectivity index (χ3n) is 3.21. The van der Waals surface area contributed by atoms with Gasteiger partial charge in [-0.3, -0.25) is 9.59 Å². The second kappa shape index (κ2) is 8.96. The van der Waals surface area contributed by atoms with Crippen molar-refractivity contribution in [2.24, 2.45) is 0 Å². The van der Waals surface area contributed by atoms with Crippen LogP contribution in [0, 0.1) is 13.8 Å². The number of para-hydroxylation sites is 1. The third kappa shape index (κ3) is 6.65. The fourth-order valence-electron chi connectivity index (χ4n) is 2.15. The third-order valence-corrected chi connectivity index (χ3v) is 5.18. The van der Waals surface area contributed by atoms with E-state index in [9.17, 15) is 18.0 Å². The number of carbonyl (C=O) groups is 2. The summed E-state index contributed by atoms with van der Waals surface area (Å²) in [4.78, 5) is 32.1. The Morgan fingerprint density at radius 2 is 1.78 bits per heavy atom. The maximum atomic E-state index is 11.9. The summed E-state index contributed by atoms with van der Waals surface area (Å²) >= 11 is 1.11. The Morgan fingerprint density at radius 1 is 1.15 bits per heavy atom. The van der Waals surface area contributed by atoms with Gasteiger partial charge in [0.05, 0.1) is 16.3 Å². The molecule has 1 heterocycles. The van der Waals surface area contributed by atoms with Crippen molar-refractivity contribution in [3.8, 4) is 0 Å². The number of amides is 1. The maximum Gasteiger partial charge on any atom is 0.316 e. The number of sulfone groups is 1. The van der Waals surface area contributed by atoms with E-state index in [0.29, 0.717) is 5.16 Å². The molecular weight excluding hydrogens is 390 g/mol. The van der Waals surface area contributed by atoms with Crippen LogP contribution >= 0.6 is 11.8 Å². The van der Waals surface area contributed by atoms with Crippen molar-refractivity contribution < 1.29 is 22.7 Å². The molecule has 0 atom stereocenters. The molecule has 1 amide bonds. The zero-order valence-corrected chi connectivity index (χ0v) is 16.7. The summed E-state index contributed by atoms with van der Waals surface area (Å²) in [6.07, 6.45) is 1.05. The molecule has 1 N–H and O–H groups in total. The smallest absolute Gasteiger partial charge is 0.316 e. The lowest BCUT2D eigenvalue weighted by Gasteiger charge is -2.10. The molecule has 27 heavy (non-hydrogen) atoms. The van der Waals surface area contributed by atoms with E-state index < -0.39 is 28.3 Å². The molecule has 2 aromatic rings. The molecule has 0 radical (unpaired) electrons. The van der Waals surface area contributed by atoms with Gasteiger partial charge in [-0.25, -0.2) is 18.4 Å². The molecule has 0 spiro atoms. The van der Waals surface area contributed by atoms with Crippen molar-refractivity contribution in [3.05, 3.63) is 41.7 Å². The molecule has 0 fully saturated rings. The molecule has 0 bridgehead atoms. The summed E-state index contributed by atoms with van der Waals surface area (Å²) in [5, 5.41) is 2.89. The highest BCUT2D eigenvalue weighted by Crippen LogP contribution is 2.20. The highest BCUT2D eigenvalue weighted by Gasteiger charge is 2.15. The molecule has 0 saturated heterocycles. The van der Waals surface area contributed by atoms with Gasteiger partial charge in [0.2, 0.25) is 0 Å². The van der Waals surface area contributed by atoms with Crippen molar-refractivity contribution >= 4 is 39.2 Å². The molecule has 1 aromatic heterocycles. The van der Waals surface area contributed by atoms with Gasteiger partial charge in [0.25, 0.3) is 5.91 Å². The zero-order valence-electron chi connectivity index (χ0n) is 15.1. The zero-order chi connectivity index (χ0) is 20.0. The molecule has 1 aromatic carbocycles. The second-order valence-corrected chi connectivity index (χ2v) is 8.63. The van der Waals surface area contributed by atoms with Crippen molar-refractivity contribution in [1.29, 1.82) is 0 Å². The predicted octanol–water partition coefficient (Wildman–Crippen LogP) is 1.77. The van der Waals surface area contributed by atoms with E-state index in [-0.39, 0.29) is 16.3 Å². The topological polar surface area (TPSA) is 115 Å². The number of carbonyl (C=O) groups excluding carboxylic acids is 2. The Hall–Kier alpha value is -2.46. The van der Waals surface area contributed by atoms with Gasteiger partial charge >= 0.3 is 5.97 Å². The highest BCUT2D eigenvalue weighted by molar-refractivity contribution is 7.99. The van der Waals surface area contributed by atoms with E-state index in [0.717, 1.165) is 29.4 Å². The van der Waals surface area contributed by atoms with Crippen molar-refractivity contribution in [3.63, 3.8) is 0 Å². The molecule has 2 rings (SSSR count). The number of aromatic nitrogens is 2. The van der Waals surface area contributed by atoms with Gasteiger partial charge in [-0.2, -0.15) is 0 Å². The second-order valence-electron chi connectivity index (χ2n) is 5.70. The summed E-state index contributed by atoms with van der Waals surface area (Å²) in [7, 11) is -3.50. The summed E-state index contributed by atoms with van der Waals surface area (Å²) in [6, 6.07) is 7.82.